The molecule has 0 aliphatic carbocycles. The van der Waals surface area contributed by atoms with Crippen molar-refractivity contribution in [2.24, 2.45) is 0 Å². The van der Waals surface area contributed by atoms with Crippen LogP contribution in [0.1, 0.15) is 54.1 Å². The van der Waals surface area contributed by atoms with Crippen molar-refractivity contribution < 1.29 is 14.3 Å². The standard InChI is InChI=1S/C21H26N2O3S/c1-7-26-19(24)18-14(4)11-17(27-18)22-20(25)23-21(5,6)16-10-8-9-15(12-16)13(2)3/h8-12H,2,7H2,1,3-6H3,(H2,22,23,25). The Hall–Kier alpha value is -2.60. The number of benzene rings is 1. The Morgan fingerprint density at radius 3 is 2.59 bits per heavy atom. The van der Waals surface area contributed by atoms with Crippen LogP contribution in [0.25, 0.3) is 5.57 Å². The molecule has 0 spiro atoms. The molecule has 0 aliphatic heterocycles. The maximum Gasteiger partial charge on any atom is 0.348 e. The molecule has 1 aromatic heterocycles. The SMILES string of the molecule is C=C(C)c1cccc(C(C)(C)NC(=O)Nc2cc(C)c(C(=O)OCC)s2)c1. The minimum Gasteiger partial charge on any atom is -0.462 e. The largest absolute Gasteiger partial charge is 0.462 e. The number of aryl methyl sites for hydroxylation is 1. The third-order valence-corrected chi connectivity index (χ3v) is 5.25. The van der Waals surface area contributed by atoms with E-state index in [1.54, 1.807) is 13.0 Å². The summed E-state index contributed by atoms with van der Waals surface area (Å²) < 4.78 is 5.03. The highest BCUT2D eigenvalue weighted by Gasteiger charge is 2.24. The lowest BCUT2D eigenvalue weighted by Crippen LogP contribution is -2.43. The van der Waals surface area contributed by atoms with E-state index in [4.69, 9.17) is 4.74 Å². The van der Waals surface area contributed by atoms with Gasteiger partial charge in [-0.2, -0.15) is 0 Å². The molecule has 6 heteroatoms. The Kier molecular flexibility index (Phi) is 6.44. The Labute approximate surface area is 164 Å². The number of ether oxygens (including phenoxy) is 1. The molecule has 0 unspecified atom stereocenters. The van der Waals surface area contributed by atoms with Crippen LogP contribution >= 0.6 is 11.3 Å². The van der Waals surface area contributed by atoms with Crippen molar-refractivity contribution >= 4 is 33.9 Å². The van der Waals surface area contributed by atoms with Gasteiger partial charge in [-0.15, -0.1) is 11.3 Å². The molecule has 1 heterocycles. The molecule has 0 bridgehead atoms. The van der Waals surface area contributed by atoms with Gasteiger partial charge in [0.15, 0.2) is 0 Å². The van der Waals surface area contributed by atoms with Crippen LogP contribution < -0.4 is 10.6 Å². The number of hydrogen-bond acceptors (Lipinski definition) is 4. The van der Waals surface area contributed by atoms with Gasteiger partial charge in [0.1, 0.15) is 4.88 Å². The Balaban J connectivity index is 2.11. The smallest absolute Gasteiger partial charge is 0.348 e. The van der Waals surface area contributed by atoms with Crippen LogP contribution in [0.5, 0.6) is 0 Å². The van der Waals surface area contributed by atoms with E-state index >= 15 is 0 Å². The van der Waals surface area contributed by atoms with Crippen molar-refractivity contribution in [3.8, 4) is 0 Å². The highest BCUT2D eigenvalue weighted by molar-refractivity contribution is 7.18. The topological polar surface area (TPSA) is 67.4 Å². The van der Waals surface area contributed by atoms with Gasteiger partial charge in [-0.1, -0.05) is 30.4 Å². The van der Waals surface area contributed by atoms with Crippen molar-refractivity contribution in [3.63, 3.8) is 0 Å². The second-order valence-electron chi connectivity index (χ2n) is 6.91. The Morgan fingerprint density at radius 1 is 1.26 bits per heavy atom. The van der Waals surface area contributed by atoms with E-state index in [0.717, 1.165) is 22.3 Å². The predicted molar refractivity (Wildman–Crippen MR) is 111 cm³/mol. The Morgan fingerprint density at radius 2 is 1.96 bits per heavy atom. The summed E-state index contributed by atoms with van der Waals surface area (Å²) in [6.07, 6.45) is 0. The minimum atomic E-state index is -0.578. The molecule has 1 aromatic carbocycles. The van der Waals surface area contributed by atoms with E-state index in [2.05, 4.69) is 17.2 Å². The van der Waals surface area contributed by atoms with E-state index in [1.165, 1.54) is 11.3 Å². The second-order valence-corrected chi connectivity index (χ2v) is 7.96. The zero-order chi connectivity index (χ0) is 20.2. The monoisotopic (exact) mass is 386 g/mol. The first kappa shape index (κ1) is 20.7. The Bertz CT molecular complexity index is 868. The van der Waals surface area contributed by atoms with E-state index in [0.29, 0.717) is 16.5 Å². The number of carbonyl (C=O) groups excluding carboxylic acids is 2. The zero-order valence-corrected chi connectivity index (χ0v) is 17.3. The number of amides is 2. The molecule has 0 radical (unpaired) electrons. The molecule has 2 rings (SSSR count). The first-order chi connectivity index (χ1) is 12.6. The quantitative estimate of drug-likeness (QED) is 0.660. The number of carbonyl (C=O) groups is 2. The fourth-order valence-corrected chi connectivity index (χ4v) is 3.58. The lowest BCUT2D eigenvalue weighted by molar-refractivity contribution is 0.0531. The third kappa shape index (κ3) is 5.20. The summed E-state index contributed by atoms with van der Waals surface area (Å²) in [6.45, 7) is 13.7. The fourth-order valence-electron chi connectivity index (χ4n) is 2.62. The summed E-state index contributed by atoms with van der Waals surface area (Å²) in [6, 6.07) is 9.38. The number of rotatable bonds is 6. The average Bonchev–Trinajstić information content (AvgIpc) is 2.94. The van der Waals surface area contributed by atoms with Crippen molar-refractivity contribution in [2.45, 2.75) is 40.2 Å². The summed E-state index contributed by atoms with van der Waals surface area (Å²) in [4.78, 5) is 24.9. The van der Waals surface area contributed by atoms with Crippen molar-refractivity contribution in [3.05, 3.63) is 58.5 Å². The summed E-state index contributed by atoms with van der Waals surface area (Å²) in [7, 11) is 0. The van der Waals surface area contributed by atoms with Crippen LogP contribution in [0.15, 0.2) is 36.9 Å². The number of urea groups is 1. The normalized spacial score (nSPS) is 11.0. The predicted octanol–water partition coefficient (Wildman–Crippen LogP) is 5.32. The average molecular weight is 387 g/mol. The highest BCUT2D eigenvalue weighted by atomic mass is 32.1. The van der Waals surface area contributed by atoms with E-state index in [1.807, 2.05) is 52.0 Å². The third-order valence-electron chi connectivity index (χ3n) is 4.12. The van der Waals surface area contributed by atoms with E-state index in [9.17, 15) is 9.59 Å². The summed E-state index contributed by atoms with van der Waals surface area (Å²) in [5.41, 5.74) is 3.19. The maximum absolute atomic E-state index is 12.5. The molecule has 5 nitrogen and oxygen atoms in total. The molecule has 0 fully saturated rings. The first-order valence-electron chi connectivity index (χ1n) is 8.77. The lowest BCUT2D eigenvalue weighted by Gasteiger charge is -2.27. The maximum atomic E-state index is 12.5. The lowest BCUT2D eigenvalue weighted by atomic mass is 9.92. The van der Waals surface area contributed by atoms with Crippen molar-refractivity contribution in [1.82, 2.24) is 5.32 Å². The van der Waals surface area contributed by atoms with Gasteiger partial charge in [0.2, 0.25) is 0 Å². The van der Waals surface area contributed by atoms with Crippen molar-refractivity contribution in [2.75, 3.05) is 11.9 Å². The molecular weight excluding hydrogens is 360 g/mol. The number of hydrogen-bond donors (Lipinski definition) is 2. The van der Waals surface area contributed by atoms with E-state index in [-0.39, 0.29) is 12.0 Å². The molecule has 0 atom stereocenters. The molecule has 2 N–H and O–H groups in total. The van der Waals surface area contributed by atoms with Crippen LogP contribution in [0.2, 0.25) is 0 Å². The molecule has 144 valence electrons. The molecule has 0 saturated carbocycles. The van der Waals surface area contributed by atoms with E-state index < -0.39 is 5.54 Å². The highest BCUT2D eigenvalue weighted by Crippen LogP contribution is 2.28. The summed E-state index contributed by atoms with van der Waals surface area (Å²) in [5, 5.41) is 6.38. The van der Waals surface area contributed by atoms with Gasteiger partial charge < -0.3 is 10.1 Å². The van der Waals surface area contributed by atoms with Gasteiger partial charge in [0, 0.05) is 0 Å². The van der Waals surface area contributed by atoms with Crippen LogP contribution in [0.3, 0.4) is 0 Å². The number of anilines is 1. The minimum absolute atomic E-state index is 0.316. The fraction of sp³-hybridized carbons (Fsp3) is 0.333. The number of allylic oxidation sites excluding steroid dienone is 1. The molecule has 2 amide bonds. The number of nitrogens with one attached hydrogen (secondary N) is 2. The van der Waals surface area contributed by atoms with Crippen molar-refractivity contribution in [1.29, 1.82) is 0 Å². The van der Waals surface area contributed by atoms with Crippen LogP contribution in [0.4, 0.5) is 9.80 Å². The molecule has 2 aromatic rings. The van der Waals surface area contributed by atoms with Crippen LogP contribution in [-0.4, -0.2) is 18.6 Å². The summed E-state index contributed by atoms with van der Waals surface area (Å²) >= 11 is 1.21. The van der Waals surface area contributed by atoms with Gasteiger partial charge in [0.25, 0.3) is 0 Å². The molecule has 0 aliphatic rings. The molecule has 27 heavy (non-hydrogen) atoms. The second kappa shape index (κ2) is 8.39. The number of esters is 1. The summed E-state index contributed by atoms with van der Waals surface area (Å²) in [5.74, 6) is -0.370. The van der Waals surface area contributed by atoms with Gasteiger partial charge in [0.05, 0.1) is 17.1 Å². The van der Waals surface area contributed by atoms with Gasteiger partial charge in [-0.05, 0) is 63.4 Å². The molecular formula is C21H26N2O3S. The van der Waals surface area contributed by atoms with Crippen LogP contribution in [0, 0.1) is 6.92 Å². The molecule has 0 saturated heterocycles. The first-order valence-corrected chi connectivity index (χ1v) is 9.59. The van der Waals surface area contributed by atoms with Gasteiger partial charge in [-0.25, -0.2) is 9.59 Å². The number of thiophene rings is 1. The zero-order valence-electron chi connectivity index (χ0n) is 16.4. The van der Waals surface area contributed by atoms with Crippen LogP contribution in [-0.2, 0) is 10.3 Å². The van der Waals surface area contributed by atoms with Gasteiger partial charge >= 0.3 is 12.0 Å². The van der Waals surface area contributed by atoms with Gasteiger partial charge in [-0.3, -0.25) is 5.32 Å².